The van der Waals surface area contributed by atoms with Gasteiger partial charge in [0.1, 0.15) is 0 Å². The molecule has 1 unspecified atom stereocenters. The van der Waals surface area contributed by atoms with E-state index in [0.29, 0.717) is 0 Å². The molecule has 0 bridgehead atoms. The molecule has 0 radical (unpaired) electrons. The Labute approximate surface area is 59.3 Å². The van der Waals surface area contributed by atoms with Crippen LogP contribution < -0.4 is 5.73 Å². The number of esters is 1. The molecule has 2 N–H and O–H groups in total. The Morgan fingerprint density at radius 1 is 1.80 bits per heavy atom. The second kappa shape index (κ2) is 5.17. The van der Waals surface area contributed by atoms with E-state index in [1.54, 1.807) is 6.92 Å². The van der Waals surface area contributed by atoms with Crippen molar-refractivity contribution in [2.45, 2.75) is 19.5 Å². The maximum absolute atomic E-state index is 12.4. The first-order valence-electron chi connectivity index (χ1n) is 3.23. The highest BCUT2D eigenvalue weighted by Gasteiger charge is 2.16. The smallest absolute Gasteiger partial charge is 0.340 e. The fourth-order valence-corrected chi connectivity index (χ4v) is 0.497. The summed E-state index contributed by atoms with van der Waals surface area (Å²) in [5.41, 5.74) is 5.02. The Kier molecular flexibility index (Phi) is 4.84. The van der Waals surface area contributed by atoms with Gasteiger partial charge in [-0.25, -0.2) is 9.18 Å². The number of alkyl halides is 1. The van der Waals surface area contributed by atoms with E-state index < -0.39 is 12.1 Å². The van der Waals surface area contributed by atoms with Gasteiger partial charge in [0.2, 0.25) is 0 Å². The van der Waals surface area contributed by atoms with Gasteiger partial charge in [-0.2, -0.15) is 0 Å². The maximum atomic E-state index is 12.4. The highest BCUT2D eigenvalue weighted by Crippen LogP contribution is 1.98. The molecular formula is C6H12FNO2. The van der Waals surface area contributed by atoms with Crippen LogP contribution in [0.2, 0.25) is 0 Å². The van der Waals surface area contributed by atoms with Crippen molar-refractivity contribution in [1.82, 2.24) is 0 Å². The molecule has 0 aromatic heterocycles. The van der Waals surface area contributed by atoms with Gasteiger partial charge in [-0.05, 0) is 13.5 Å². The molecule has 0 saturated heterocycles. The third kappa shape index (κ3) is 3.40. The largest absolute Gasteiger partial charge is 0.464 e. The molecule has 60 valence electrons. The molecule has 0 aliphatic carbocycles. The van der Waals surface area contributed by atoms with Crippen LogP contribution in [0.5, 0.6) is 0 Å². The number of carbonyl (C=O) groups excluding carboxylic acids is 1. The molecule has 0 aromatic carbocycles. The SMILES string of the molecule is CCOC(=O)C(F)CCN. The Bertz CT molecular complexity index is 108. The van der Waals surface area contributed by atoms with E-state index in [2.05, 4.69) is 4.74 Å². The number of carbonyl (C=O) groups is 1. The maximum Gasteiger partial charge on any atom is 0.340 e. The van der Waals surface area contributed by atoms with Crippen molar-refractivity contribution in [1.29, 1.82) is 0 Å². The summed E-state index contributed by atoms with van der Waals surface area (Å²) in [6, 6.07) is 0. The third-order valence-corrected chi connectivity index (χ3v) is 0.962. The molecule has 0 aliphatic rings. The number of rotatable bonds is 4. The summed E-state index contributed by atoms with van der Waals surface area (Å²) in [6.07, 6.45) is -1.51. The average molecular weight is 149 g/mol. The molecule has 0 spiro atoms. The summed E-state index contributed by atoms with van der Waals surface area (Å²) in [5.74, 6) is -0.812. The van der Waals surface area contributed by atoms with Crippen LogP contribution in [-0.4, -0.2) is 25.3 Å². The zero-order valence-corrected chi connectivity index (χ0v) is 5.97. The molecule has 0 saturated carbocycles. The zero-order chi connectivity index (χ0) is 7.98. The number of ether oxygens (including phenoxy) is 1. The lowest BCUT2D eigenvalue weighted by atomic mass is 10.3. The molecule has 0 fully saturated rings. The first-order chi connectivity index (χ1) is 4.72. The van der Waals surface area contributed by atoms with Crippen LogP contribution in [0, 0.1) is 0 Å². The molecule has 1 atom stereocenters. The van der Waals surface area contributed by atoms with Gasteiger partial charge in [0.05, 0.1) is 6.61 Å². The van der Waals surface area contributed by atoms with E-state index in [-0.39, 0.29) is 19.6 Å². The van der Waals surface area contributed by atoms with E-state index in [9.17, 15) is 9.18 Å². The lowest BCUT2D eigenvalue weighted by Gasteiger charge is -2.04. The number of hydrogen-bond donors (Lipinski definition) is 1. The Morgan fingerprint density at radius 3 is 2.80 bits per heavy atom. The fraction of sp³-hybridized carbons (Fsp3) is 0.833. The Balaban J connectivity index is 3.49. The van der Waals surface area contributed by atoms with E-state index in [1.807, 2.05) is 0 Å². The minimum Gasteiger partial charge on any atom is -0.464 e. The van der Waals surface area contributed by atoms with E-state index in [4.69, 9.17) is 5.73 Å². The minimum absolute atomic E-state index is 0.0405. The Morgan fingerprint density at radius 2 is 2.40 bits per heavy atom. The zero-order valence-electron chi connectivity index (χ0n) is 5.97. The summed E-state index contributed by atoms with van der Waals surface area (Å²) in [4.78, 5) is 10.5. The van der Waals surface area contributed by atoms with Crippen molar-refractivity contribution in [3.63, 3.8) is 0 Å². The lowest BCUT2D eigenvalue weighted by Crippen LogP contribution is -2.21. The second-order valence-corrected chi connectivity index (χ2v) is 1.80. The van der Waals surface area contributed by atoms with E-state index >= 15 is 0 Å². The minimum atomic E-state index is -1.55. The van der Waals surface area contributed by atoms with Gasteiger partial charge >= 0.3 is 5.97 Å². The molecule has 0 aromatic rings. The third-order valence-electron chi connectivity index (χ3n) is 0.962. The molecule has 0 rings (SSSR count). The van der Waals surface area contributed by atoms with Gasteiger partial charge < -0.3 is 10.5 Å². The van der Waals surface area contributed by atoms with Gasteiger partial charge in [-0.3, -0.25) is 0 Å². The quantitative estimate of drug-likeness (QED) is 0.582. The standard InChI is InChI=1S/C6H12FNO2/c1-2-10-6(9)5(7)3-4-8/h5H,2-4,8H2,1H3. The summed E-state index contributed by atoms with van der Waals surface area (Å²) in [6.45, 7) is 2.01. The van der Waals surface area contributed by atoms with E-state index in [0.717, 1.165) is 0 Å². The van der Waals surface area contributed by atoms with Crippen LogP contribution in [0.3, 0.4) is 0 Å². The van der Waals surface area contributed by atoms with Crippen LogP contribution in [0.15, 0.2) is 0 Å². The number of nitrogens with two attached hydrogens (primary N) is 1. The van der Waals surface area contributed by atoms with Gasteiger partial charge in [0, 0.05) is 6.42 Å². The van der Waals surface area contributed by atoms with Gasteiger partial charge in [-0.15, -0.1) is 0 Å². The first kappa shape index (κ1) is 9.36. The summed E-state index contributed by atoms with van der Waals surface area (Å²) < 4.78 is 16.8. The molecule has 0 amide bonds. The van der Waals surface area contributed by atoms with Crippen molar-refractivity contribution in [2.75, 3.05) is 13.2 Å². The molecule has 10 heavy (non-hydrogen) atoms. The highest BCUT2D eigenvalue weighted by atomic mass is 19.1. The van der Waals surface area contributed by atoms with E-state index in [1.165, 1.54) is 0 Å². The molecular weight excluding hydrogens is 137 g/mol. The van der Waals surface area contributed by atoms with Crippen molar-refractivity contribution in [2.24, 2.45) is 5.73 Å². The van der Waals surface area contributed by atoms with Crippen molar-refractivity contribution in [3.8, 4) is 0 Å². The van der Waals surface area contributed by atoms with Crippen molar-refractivity contribution in [3.05, 3.63) is 0 Å². The van der Waals surface area contributed by atoms with Crippen LogP contribution in [0.25, 0.3) is 0 Å². The monoisotopic (exact) mass is 149 g/mol. The number of halogens is 1. The molecule has 0 heterocycles. The normalized spacial score (nSPS) is 12.7. The van der Waals surface area contributed by atoms with Gasteiger partial charge in [-0.1, -0.05) is 0 Å². The average Bonchev–Trinajstić information content (AvgIpc) is 1.89. The van der Waals surface area contributed by atoms with Crippen LogP contribution in [0.4, 0.5) is 4.39 Å². The Hall–Kier alpha value is -0.640. The molecule has 0 aliphatic heterocycles. The predicted octanol–water partition coefficient (Wildman–Crippen LogP) is 0.236. The van der Waals surface area contributed by atoms with Gasteiger partial charge in [0.15, 0.2) is 6.17 Å². The summed E-state index contributed by atoms with van der Waals surface area (Å²) in [5, 5.41) is 0. The van der Waals surface area contributed by atoms with Crippen LogP contribution in [0.1, 0.15) is 13.3 Å². The van der Waals surface area contributed by atoms with Crippen molar-refractivity contribution >= 4 is 5.97 Å². The summed E-state index contributed by atoms with van der Waals surface area (Å²) in [7, 11) is 0. The fourth-order valence-electron chi connectivity index (χ4n) is 0.497. The topological polar surface area (TPSA) is 52.3 Å². The van der Waals surface area contributed by atoms with Gasteiger partial charge in [0.25, 0.3) is 0 Å². The molecule has 3 nitrogen and oxygen atoms in total. The predicted molar refractivity (Wildman–Crippen MR) is 35.2 cm³/mol. The van der Waals surface area contributed by atoms with Crippen LogP contribution in [-0.2, 0) is 9.53 Å². The van der Waals surface area contributed by atoms with Crippen molar-refractivity contribution < 1.29 is 13.9 Å². The highest BCUT2D eigenvalue weighted by molar-refractivity contribution is 5.74. The number of hydrogen-bond acceptors (Lipinski definition) is 3. The first-order valence-corrected chi connectivity index (χ1v) is 3.23. The molecule has 4 heteroatoms. The lowest BCUT2D eigenvalue weighted by molar-refractivity contribution is -0.149. The van der Waals surface area contributed by atoms with Crippen LogP contribution >= 0.6 is 0 Å². The summed E-state index contributed by atoms with van der Waals surface area (Å²) >= 11 is 0. The second-order valence-electron chi connectivity index (χ2n) is 1.80.